The molecule has 0 fully saturated rings. The fourth-order valence-corrected chi connectivity index (χ4v) is 2.50. The van der Waals surface area contributed by atoms with Crippen LogP contribution in [0.15, 0.2) is 47.6 Å². The minimum atomic E-state index is -0.149. The lowest BCUT2D eigenvalue weighted by Crippen LogP contribution is -2.33. The molecule has 0 heterocycles. The molecule has 2 rings (SSSR count). The van der Waals surface area contributed by atoms with Gasteiger partial charge >= 0.3 is 0 Å². The van der Waals surface area contributed by atoms with Crippen LogP contribution < -0.4 is 9.47 Å². The van der Waals surface area contributed by atoms with Gasteiger partial charge < -0.3 is 14.7 Å². The first-order chi connectivity index (χ1) is 11.6. The number of hydrogen-bond acceptors (Lipinski definition) is 5. The Morgan fingerprint density at radius 1 is 1.17 bits per heavy atom. The van der Waals surface area contributed by atoms with E-state index in [-0.39, 0.29) is 6.23 Å². The third kappa shape index (κ3) is 4.26. The van der Waals surface area contributed by atoms with Gasteiger partial charge in [-0.25, -0.2) is 0 Å². The molecule has 0 saturated heterocycles. The highest BCUT2D eigenvalue weighted by molar-refractivity contribution is 5.86. The van der Waals surface area contributed by atoms with Gasteiger partial charge in [-0.3, -0.25) is 4.90 Å². The first kappa shape index (κ1) is 17.8. The molecule has 0 spiro atoms. The second-order valence-electron chi connectivity index (χ2n) is 5.67. The van der Waals surface area contributed by atoms with E-state index in [2.05, 4.69) is 22.2 Å². The Labute approximate surface area is 143 Å². The second-order valence-corrected chi connectivity index (χ2v) is 5.67. The zero-order valence-corrected chi connectivity index (χ0v) is 14.6. The summed E-state index contributed by atoms with van der Waals surface area (Å²) in [5.41, 5.74) is 2.79. The Morgan fingerprint density at radius 2 is 1.83 bits per heavy atom. The average Bonchev–Trinajstić information content (AvgIpc) is 2.59. The molecule has 128 valence electrons. The smallest absolute Gasteiger partial charge is 0.149 e. The van der Waals surface area contributed by atoms with Gasteiger partial charge in [-0.15, -0.1) is 0 Å². The Bertz CT molecular complexity index is 687. The molecule has 0 saturated carbocycles. The fourth-order valence-electron chi connectivity index (χ4n) is 2.50. The van der Waals surface area contributed by atoms with E-state index in [1.54, 1.807) is 7.11 Å². The minimum absolute atomic E-state index is 0.149. The molecule has 0 amide bonds. The van der Waals surface area contributed by atoms with Crippen molar-refractivity contribution in [2.24, 2.45) is 5.16 Å². The highest BCUT2D eigenvalue weighted by Crippen LogP contribution is 2.29. The van der Waals surface area contributed by atoms with Crippen molar-refractivity contribution in [3.63, 3.8) is 0 Å². The predicted molar refractivity (Wildman–Crippen MR) is 95.1 cm³/mol. The molecule has 0 aliphatic rings. The van der Waals surface area contributed by atoms with Gasteiger partial charge in [0, 0.05) is 17.7 Å². The minimum Gasteiger partial charge on any atom is -0.496 e. The molecule has 1 unspecified atom stereocenters. The van der Waals surface area contributed by atoms with E-state index in [1.807, 2.05) is 51.2 Å². The summed E-state index contributed by atoms with van der Waals surface area (Å²) in [5.74, 6) is 1.38. The normalized spacial score (nSPS) is 12.5. The summed E-state index contributed by atoms with van der Waals surface area (Å²) in [7, 11) is 3.62. The monoisotopic (exact) mass is 328 g/mol. The van der Waals surface area contributed by atoms with Crippen molar-refractivity contribution in [1.29, 1.82) is 0 Å². The molecule has 0 aromatic heterocycles. The van der Waals surface area contributed by atoms with Crippen LogP contribution in [-0.4, -0.2) is 36.7 Å². The van der Waals surface area contributed by atoms with E-state index in [0.29, 0.717) is 11.3 Å². The number of rotatable bonds is 7. The van der Waals surface area contributed by atoms with Crippen LogP contribution >= 0.6 is 0 Å². The van der Waals surface area contributed by atoms with Crippen molar-refractivity contribution in [2.75, 3.05) is 14.2 Å². The number of nitrogens with zero attached hydrogens (tertiary/aromatic N) is 2. The maximum atomic E-state index is 8.93. The third-order valence-corrected chi connectivity index (χ3v) is 4.02. The number of oxime groups is 1. The molecule has 2 aromatic rings. The second kappa shape index (κ2) is 8.36. The van der Waals surface area contributed by atoms with E-state index < -0.39 is 0 Å². The number of methoxy groups -OCH3 is 1. The van der Waals surface area contributed by atoms with E-state index in [4.69, 9.17) is 14.7 Å². The van der Waals surface area contributed by atoms with Gasteiger partial charge in [0.25, 0.3) is 0 Å². The molecule has 0 radical (unpaired) electrons. The average molecular weight is 328 g/mol. The SMILES string of the molecule is COc1ccc(OC(C)N(C)Cc2ccccc2)c(/C=N/O)c1C. The largest absolute Gasteiger partial charge is 0.496 e. The number of hydrogen-bond donors (Lipinski definition) is 1. The maximum Gasteiger partial charge on any atom is 0.149 e. The van der Waals surface area contributed by atoms with E-state index in [1.165, 1.54) is 11.8 Å². The van der Waals surface area contributed by atoms with Crippen LogP contribution in [0, 0.1) is 6.92 Å². The quantitative estimate of drug-likeness (QED) is 0.365. The van der Waals surface area contributed by atoms with Crippen molar-refractivity contribution >= 4 is 6.21 Å². The summed E-state index contributed by atoms with van der Waals surface area (Å²) < 4.78 is 11.4. The van der Waals surface area contributed by atoms with Crippen LogP contribution in [0.2, 0.25) is 0 Å². The molecular formula is C19H24N2O3. The van der Waals surface area contributed by atoms with Crippen molar-refractivity contribution in [1.82, 2.24) is 4.90 Å². The van der Waals surface area contributed by atoms with Gasteiger partial charge in [0.1, 0.15) is 17.7 Å². The lowest BCUT2D eigenvalue weighted by molar-refractivity contribution is 0.0548. The zero-order valence-electron chi connectivity index (χ0n) is 14.6. The lowest BCUT2D eigenvalue weighted by atomic mass is 10.1. The van der Waals surface area contributed by atoms with Gasteiger partial charge in [0.15, 0.2) is 0 Å². The van der Waals surface area contributed by atoms with Crippen molar-refractivity contribution < 1.29 is 14.7 Å². The van der Waals surface area contributed by atoms with E-state index in [9.17, 15) is 0 Å². The Hall–Kier alpha value is -2.53. The van der Waals surface area contributed by atoms with Crippen molar-refractivity contribution in [3.05, 3.63) is 59.2 Å². The topological polar surface area (TPSA) is 54.3 Å². The molecular weight excluding hydrogens is 304 g/mol. The van der Waals surface area contributed by atoms with Gasteiger partial charge in [-0.05, 0) is 38.6 Å². The van der Waals surface area contributed by atoms with Gasteiger partial charge in [0.2, 0.25) is 0 Å². The molecule has 1 N–H and O–H groups in total. The van der Waals surface area contributed by atoms with Crippen molar-refractivity contribution in [3.8, 4) is 11.5 Å². The molecule has 2 aromatic carbocycles. The first-order valence-corrected chi connectivity index (χ1v) is 7.82. The maximum absolute atomic E-state index is 8.93. The van der Waals surface area contributed by atoms with E-state index >= 15 is 0 Å². The van der Waals surface area contributed by atoms with E-state index in [0.717, 1.165) is 17.9 Å². The summed E-state index contributed by atoms with van der Waals surface area (Å²) >= 11 is 0. The highest BCUT2D eigenvalue weighted by atomic mass is 16.5. The summed E-state index contributed by atoms with van der Waals surface area (Å²) in [6.45, 7) is 4.67. The molecule has 1 atom stereocenters. The van der Waals surface area contributed by atoms with Gasteiger partial charge in [0.05, 0.1) is 13.3 Å². The van der Waals surface area contributed by atoms with Crippen LogP contribution in [0.25, 0.3) is 0 Å². The van der Waals surface area contributed by atoms with Gasteiger partial charge in [-0.1, -0.05) is 35.5 Å². The Morgan fingerprint density at radius 3 is 2.46 bits per heavy atom. The van der Waals surface area contributed by atoms with Crippen molar-refractivity contribution in [2.45, 2.75) is 26.6 Å². The molecule has 5 heteroatoms. The predicted octanol–water partition coefficient (Wildman–Crippen LogP) is 3.67. The molecule has 0 bridgehead atoms. The summed E-state index contributed by atoms with van der Waals surface area (Å²) in [6.07, 6.45) is 1.22. The summed E-state index contributed by atoms with van der Waals surface area (Å²) in [4.78, 5) is 2.11. The lowest BCUT2D eigenvalue weighted by Gasteiger charge is -2.26. The van der Waals surface area contributed by atoms with Crippen LogP contribution in [0.3, 0.4) is 0 Å². The Kier molecular flexibility index (Phi) is 6.21. The van der Waals surface area contributed by atoms with Gasteiger partial charge in [-0.2, -0.15) is 0 Å². The zero-order chi connectivity index (χ0) is 17.5. The standard InChI is InChI=1S/C19H24N2O3/c1-14-17(12-20-22)19(11-10-18(14)23-4)24-15(2)21(3)13-16-8-6-5-7-9-16/h5-12,15,22H,13H2,1-4H3/b20-12+. The number of ether oxygens (including phenoxy) is 2. The fraction of sp³-hybridized carbons (Fsp3) is 0.316. The molecule has 0 aliphatic carbocycles. The van der Waals surface area contributed by atoms with Crippen LogP contribution in [0.5, 0.6) is 11.5 Å². The summed E-state index contributed by atoms with van der Waals surface area (Å²) in [6, 6.07) is 13.9. The molecule has 24 heavy (non-hydrogen) atoms. The molecule has 0 aliphatic heterocycles. The third-order valence-electron chi connectivity index (χ3n) is 4.02. The summed E-state index contributed by atoms with van der Waals surface area (Å²) in [5, 5.41) is 12.1. The van der Waals surface area contributed by atoms with Crippen LogP contribution in [0.1, 0.15) is 23.6 Å². The molecule has 5 nitrogen and oxygen atoms in total. The first-order valence-electron chi connectivity index (χ1n) is 7.82. The highest BCUT2D eigenvalue weighted by Gasteiger charge is 2.16. The van der Waals surface area contributed by atoms with Crippen LogP contribution in [0.4, 0.5) is 0 Å². The van der Waals surface area contributed by atoms with Crippen LogP contribution in [-0.2, 0) is 6.54 Å². The number of benzene rings is 2. The Balaban J connectivity index is 2.16.